The van der Waals surface area contributed by atoms with E-state index in [1.807, 2.05) is 6.07 Å². The van der Waals surface area contributed by atoms with E-state index in [0.29, 0.717) is 30.4 Å². The summed E-state index contributed by atoms with van der Waals surface area (Å²) in [6, 6.07) is 9.73. The number of carbonyl (C=O) groups excluding carboxylic acids is 2. The van der Waals surface area contributed by atoms with Gasteiger partial charge >= 0.3 is 0 Å². The molecule has 8 nitrogen and oxygen atoms in total. The van der Waals surface area contributed by atoms with Crippen LogP contribution in [0.25, 0.3) is 0 Å². The molecule has 1 N–H and O–H groups in total. The highest BCUT2D eigenvalue weighted by Crippen LogP contribution is 2.29. The van der Waals surface area contributed by atoms with Gasteiger partial charge in [0.05, 0.1) is 13.2 Å². The molecular weight excluding hydrogens is 485 g/mol. The van der Waals surface area contributed by atoms with Gasteiger partial charge in [0.15, 0.2) is 17.3 Å². The number of anilines is 1. The lowest BCUT2D eigenvalue weighted by Gasteiger charge is -2.34. The smallest absolute Gasteiger partial charge is 0.272 e. The molecule has 3 heterocycles. The Labute approximate surface area is 223 Å². The van der Waals surface area contributed by atoms with E-state index < -0.39 is 0 Å². The van der Waals surface area contributed by atoms with Crippen LogP contribution < -0.4 is 10.2 Å². The second kappa shape index (κ2) is 12.8. The second-order valence-corrected chi connectivity index (χ2v) is 10.8. The van der Waals surface area contributed by atoms with Gasteiger partial charge in [0.1, 0.15) is 5.82 Å². The Morgan fingerprint density at radius 1 is 0.895 bits per heavy atom. The van der Waals surface area contributed by atoms with Gasteiger partial charge in [-0.1, -0.05) is 0 Å². The van der Waals surface area contributed by atoms with Crippen LogP contribution in [0.1, 0.15) is 65.8 Å². The highest BCUT2D eigenvalue weighted by Gasteiger charge is 2.28. The van der Waals surface area contributed by atoms with E-state index in [4.69, 9.17) is 4.74 Å². The third-order valence-electron chi connectivity index (χ3n) is 8.34. The van der Waals surface area contributed by atoms with Crippen LogP contribution in [0.15, 0.2) is 36.4 Å². The average molecular weight is 524 g/mol. The number of piperidine rings is 1. The van der Waals surface area contributed by atoms with E-state index in [2.05, 4.69) is 25.3 Å². The van der Waals surface area contributed by atoms with E-state index in [0.717, 1.165) is 83.5 Å². The molecular formula is C29H38FN5O3. The molecule has 1 amide bonds. The van der Waals surface area contributed by atoms with Crippen LogP contribution >= 0.6 is 0 Å². The number of ketones is 1. The number of rotatable bonds is 8. The first-order chi connectivity index (χ1) is 18.5. The fraction of sp³-hybridized carbons (Fsp3) is 0.586. The van der Waals surface area contributed by atoms with Crippen molar-refractivity contribution in [3.05, 3.63) is 53.5 Å². The summed E-state index contributed by atoms with van der Waals surface area (Å²) >= 11 is 0. The van der Waals surface area contributed by atoms with Gasteiger partial charge < -0.3 is 19.9 Å². The molecule has 2 saturated heterocycles. The van der Waals surface area contributed by atoms with E-state index in [9.17, 15) is 14.0 Å². The number of hydrogen-bond donors (Lipinski definition) is 1. The third kappa shape index (κ3) is 6.94. The van der Waals surface area contributed by atoms with Crippen LogP contribution in [0.4, 0.5) is 10.2 Å². The second-order valence-electron chi connectivity index (χ2n) is 10.8. The van der Waals surface area contributed by atoms with E-state index in [-0.39, 0.29) is 29.5 Å². The first kappa shape index (κ1) is 26.7. The maximum atomic E-state index is 13.2. The lowest BCUT2D eigenvalue weighted by atomic mass is 9.83. The van der Waals surface area contributed by atoms with Gasteiger partial charge in [-0.25, -0.2) is 4.39 Å². The van der Waals surface area contributed by atoms with Gasteiger partial charge in [0.25, 0.3) is 5.91 Å². The van der Waals surface area contributed by atoms with Crippen LogP contribution in [-0.2, 0) is 4.74 Å². The number of amides is 1. The normalized spacial score (nSPS) is 23.2. The molecule has 0 unspecified atom stereocenters. The molecule has 1 saturated carbocycles. The maximum absolute atomic E-state index is 13.2. The van der Waals surface area contributed by atoms with Crippen LogP contribution in [0.2, 0.25) is 0 Å². The van der Waals surface area contributed by atoms with Gasteiger partial charge in [0, 0.05) is 30.6 Å². The van der Waals surface area contributed by atoms with Crippen molar-refractivity contribution in [2.24, 2.45) is 11.8 Å². The standard InChI is InChI=1S/C29H38FN5O3/c30-24-5-3-22(4-6-24)28(36)23-12-15-34(16-13-23)14-11-21-1-7-25(8-2-21)31-29(37)26-9-10-27(33-32-26)35-17-19-38-20-18-35/h3-6,9-10,21,23,25H,1-2,7-8,11-20H2,(H,31,37)/t21-,25-. The van der Waals surface area contributed by atoms with Gasteiger partial charge in [-0.2, -0.15) is 0 Å². The number of morpholine rings is 1. The summed E-state index contributed by atoms with van der Waals surface area (Å²) < 4.78 is 18.5. The Kier molecular flexibility index (Phi) is 8.96. The maximum Gasteiger partial charge on any atom is 0.272 e. The lowest BCUT2D eigenvalue weighted by molar-refractivity contribution is 0.0832. The summed E-state index contributed by atoms with van der Waals surface area (Å²) in [6.07, 6.45) is 7.11. The summed E-state index contributed by atoms with van der Waals surface area (Å²) in [5.74, 6) is 1.19. The number of Topliss-reactive ketones (excluding diaryl/α,β-unsaturated/α-hetero) is 1. The fourth-order valence-electron chi connectivity index (χ4n) is 5.90. The number of ether oxygens (including phenoxy) is 1. The van der Waals surface area contributed by atoms with Crippen LogP contribution in [-0.4, -0.2) is 78.8 Å². The molecule has 2 aliphatic heterocycles. The van der Waals surface area contributed by atoms with Crippen molar-refractivity contribution in [3.8, 4) is 0 Å². The highest BCUT2D eigenvalue weighted by atomic mass is 19.1. The summed E-state index contributed by atoms with van der Waals surface area (Å²) in [7, 11) is 0. The summed E-state index contributed by atoms with van der Waals surface area (Å²) in [5.41, 5.74) is 0.983. The Balaban J connectivity index is 0.986. The number of benzene rings is 1. The number of likely N-dealkylation sites (tertiary alicyclic amines) is 1. The third-order valence-corrected chi connectivity index (χ3v) is 8.34. The van der Waals surface area contributed by atoms with Gasteiger partial charge in [-0.15, -0.1) is 10.2 Å². The molecule has 1 aliphatic carbocycles. The van der Waals surface area contributed by atoms with Crippen molar-refractivity contribution in [2.75, 3.05) is 50.8 Å². The molecule has 1 aromatic heterocycles. The first-order valence-electron chi connectivity index (χ1n) is 14.0. The fourth-order valence-corrected chi connectivity index (χ4v) is 5.90. The molecule has 38 heavy (non-hydrogen) atoms. The molecule has 3 fully saturated rings. The minimum Gasteiger partial charge on any atom is -0.378 e. The Morgan fingerprint density at radius 3 is 2.26 bits per heavy atom. The van der Waals surface area contributed by atoms with Crippen molar-refractivity contribution < 1.29 is 18.7 Å². The summed E-state index contributed by atoms with van der Waals surface area (Å²) in [5, 5.41) is 11.6. The predicted molar refractivity (Wildman–Crippen MR) is 143 cm³/mol. The van der Waals surface area contributed by atoms with Crippen molar-refractivity contribution in [1.82, 2.24) is 20.4 Å². The van der Waals surface area contributed by atoms with Gasteiger partial charge in [-0.3, -0.25) is 9.59 Å². The Morgan fingerprint density at radius 2 is 1.61 bits per heavy atom. The van der Waals surface area contributed by atoms with Gasteiger partial charge in [-0.05, 0) is 107 Å². The first-order valence-corrected chi connectivity index (χ1v) is 14.0. The number of carbonyl (C=O) groups is 2. The van der Waals surface area contributed by atoms with Gasteiger partial charge in [0.2, 0.25) is 0 Å². The zero-order chi connectivity index (χ0) is 26.3. The van der Waals surface area contributed by atoms with Crippen molar-refractivity contribution in [2.45, 2.75) is 51.0 Å². The minimum absolute atomic E-state index is 0.0380. The molecule has 0 spiro atoms. The molecule has 204 valence electrons. The quantitative estimate of drug-likeness (QED) is 0.528. The predicted octanol–water partition coefficient (Wildman–Crippen LogP) is 3.73. The molecule has 5 rings (SSSR count). The average Bonchev–Trinajstić information content (AvgIpc) is 2.97. The van der Waals surface area contributed by atoms with E-state index in [1.165, 1.54) is 12.1 Å². The molecule has 9 heteroatoms. The number of nitrogens with zero attached hydrogens (tertiary/aromatic N) is 4. The molecule has 0 atom stereocenters. The van der Waals surface area contributed by atoms with E-state index in [1.54, 1.807) is 18.2 Å². The lowest BCUT2D eigenvalue weighted by Crippen LogP contribution is -2.40. The molecule has 2 aromatic rings. The summed E-state index contributed by atoms with van der Waals surface area (Å²) in [6.45, 7) is 5.89. The number of aromatic nitrogens is 2. The monoisotopic (exact) mass is 523 g/mol. The summed E-state index contributed by atoms with van der Waals surface area (Å²) in [4.78, 5) is 30.0. The van der Waals surface area contributed by atoms with Crippen LogP contribution in [0.5, 0.6) is 0 Å². The molecule has 1 aromatic carbocycles. The van der Waals surface area contributed by atoms with Crippen molar-refractivity contribution in [1.29, 1.82) is 0 Å². The largest absolute Gasteiger partial charge is 0.378 e. The Hall–Kier alpha value is -2.91. The zero-order valence-electron chi connectivity index (χ0n) is 22.0. The minimum atomic E-state index is -0.309. The van der Waals surface area contributed by atoms with Crippen LogP contribution in [0.3, 0.4) is 0 Å². The highest BCUT2D eigenvalue weighted by molar-refractivity contribution is 5.97. The molecule has 0 bridgehead atoms. The topological polar surface area (TPSA) is 87.7 Å². The number of halogens is 1. The molecule has 0 radical (unpaired) electrons. The van der Waals surface area contributed by atoms with Crippen molar-refractivity contribution in [3.63, 3.8) is 0 Å². The SMILES string of the molecule is O=C(N[C@H]1CC[C@H](CCN2CCC(C(=O)c3ccc(F)cc3)CC2)CC1)c1ccc(N2CCOCC2)nn1. The van der Waals surface area contributed by atoms with E-state index >= 15 is 0 Å². The molecule has 3 aliphatic rings. The van der Waals surface area contributed by atoms with Crippen LogP contribution in [0, 0.1) is 17.7 Å². The number of hydrogen-bond acceptors (Lipinski definition) is 7. The Bertz CT molecular complexity index is 1060. The number of nitrogens with one attached hydrogen (secondary N) is 1. The zero-order valence-corrected chi connectivity index (χ0v) is 22.0. The van der Waals surface area contributed by atoms with Crippen molar-refractivity contribution >= 4 is 17.5 Å².